The lowest BCUT2D eigenvalue weighted by Crippen LogP contribution is -2.32. The van der Waals surface area contributed by atoms with E-state index in [9.17, 15) is 4.79 Å². The molecule has 0 N–H and O–H groups in total. The Hall–Kier alpha value is -1.98. The number of aryl methyl sites for hydroxylation is 1. The Balaban J connectivity index is 1.76. The van der Waals surface area contributed by atoms with Gasteiger partial charge in [0.2, 0.25) is 0 Å². The second-order valence-corrected chi connectivity index (χ2v) is 7.15. The van der Waals surface area contributed by atoms with Crippen molar-refractivity contribution >= 4 is 23.5 Å². The Morgan fingerprint density at radius 3 is 2.38 bits per heavy atom. The second-order valence-electron chi connectivity index (χ2n) is 6.27. The van der Waals surface area contributed by atoms with Gasteiger partial charge in [-0.05, 0) is 49.4 Å². The van der Waals surface area contributed by atoms with Crippen LogP contribution in [0.25, 0.3) is 0 Å². The molecule has 1 atom stereocenters. The van der Waals surface area contributed by atoms with Gasteiger partial charge in [0.05, 0.1) is 0 Å². The summed E-state index contributed by atoms with van der Waals surface area (Å²) < 4.78 is 0. The molecule has 2 aromatic carbocycles. The quantitative estimate of drug-likeness (QED) is 0.781. The first-order chi connectivity index (χ1) is 11.7. The first-order valence-corrected chi connectivity index (χ1v) is 9.49. The zero-order valence-corrected chi connectivity index (χ0v) is 14.8. The number of carbonyl (C=O) groups excluding carboxylic acids is 1. The molecular formula is C19H21N3OS. The van der Waals surface area contributed by atoms with E-state index in [0.717, 1.165) is 30.8 Å². The Labute approximate surface area is 147 Å². The molecule has 5 heteroatoms. The third-order valence-corrected chi connectivity index (χ3v) is 5.49. The number of hydrogen-bond donors (Lipinski definition) is 0. The maximum absolute atomic E-state index is 13.0. The molecule has 2 heterocycles. The zero-order chi connectivity index (χ0) is 16.7. The van der Waals surface area contributed by atoms with Crippen LogP contribution < -0.4 is 4.90 Å². The molecule has 0 radical (unpaired) electrons. The maximum atomic E-state index is 13.0. The van der Waals surface area contributed by atoms with Crippen LogP contribution in [0.4, 0.5) is 10.5 Å². The van der Waals surface area contributed by atoms with Gasteiger partial charge in [-0.2, -0.15) is 5.01 Å². The third kappa shape index (κ3) is 2.48. The molecule has 0 spiro atoms. The molecule has 2 aromatic rings. The van der Waals surface area contributed by atoms with E-state index < -0.39 is 0 Å². The zero-order valence-electron chi connectivity index (χ0n) is 14.0. The summed E-state index contributed by atoms with van der Waals surface area (Å²) in [6, 6.07) is 16.9. The molecule has 2 saturated heterocycles. The number of urea groups is 1. The average Bonchev–Trinajstić information content (AvgIpc) is 3.18. The molecule has 2 fully saturated rings. The molecule has 4 rings (SSSR count). The van der Waals surface area contributed by atoms with Crippen LogP contribution in [0.5, 0.6) is 0 Å². The summed E-state index contributed by atoms with van der Waals surface area (Å²) in [4.78, 5) is 16.1. The van der Waals surface area contributed by atoms with E-state index in [-0.39, 0.29) is 12.2 Å². The fraction of sp³-hybridized carbons (Fsp3) is 0.316. The lowest BCUT2D eigenvalue weighted by molar-refractivity contribution is 0.0728. The van der Waals surface area contributed by atoms with Crippen molar-refractivity contribution in [3.63, 3.8) is 0 Å². The van der Waals surface area contributed by atoms with Crippen molar-refractivity contribution in [1.82, 2.24) is 10.0 Å². The van der Waals surface area contributed by atoms with Gasteiger partial charge in [0.25, 0.3) is 0 Å². The van der Waals surface area contributed by atoms with Crippen LogP contribution in [0, 0.1) is 6.92 Å². The normalized spacial score (nSPS) is 20.8. The molecule has 2 amide bonds. The van der Waals surface area contributed by atoms with Gasteiger partial charge in [-0.15, -0.1) is 11.8 Å². The van der Waals surface area contributed by atoms with Crippen molar-refractivity contribution in [3.05, 3.63) is 59.7 Å². The van der Waals surface area contributed by atoms with E-state index >= 15 is 0 Å². The molecule has 24 heavy (non-hydrogen) atoms. The highest BCUT2D eigenvalue weighted by Crippen LogP contribution is 2.40. The topological polar surface area (TPSA) is 26.8 Å². The van der Waals surface area contributed by atoms with Gasteiger partial charge >= 0.3 is 6.03 Å². The maximum Gasteiger partial charge on any atom is 0.340 e. The fourth-order valence-corrected chi connectivity index (χ4v) is 3.92. The summed E-state index contributed by atoms with van der Waals surface area (Å²) in [7, 11) is 0. The number of carbonyl (C=O) groups is 1. The molecule has 2 aliphatic heterocycles. The first-order valence-electron chi connectivity index (χ1n) is 8.27. The van der Waals surface area contributed by atoms with Crippen molar-refractivity contribution in [3.8, 4) is 0 Å². The minimum absolute atomic E-state index is 0.0549. The molecule has 124 valence electrons. The van der Waals surface area contributed by atoms with Crippen molar-refractivity contribution in [2.75, 3.05) is 24.2 Å². The highest BCUT2D eigenvalue weighted by Gasteiger charge is 2.47. The number of fused-ring (bicyclic) bond motifs is 1. The molecule has 0 aromatic heterocycles. The summed E-state index contributed by atoms with van der Waals surface area (Å²) in [6.07, 6.45) is 3.04. The molecular weight excluding hydrogens is 318 g/mol. The number of benzene rings is 2. The van der Waals surface area contributed by atoms with Crippen molar-refractivity contribution in [2.24, 2.45) is 0 Å². The lowest BCUT2D eigenvalue weighted by Gasteiger charge is -2.28. The SMILES string of the molecule is CSc1ccc(N2C(=O)N3CCCN3[C@H]2c2ccc(C)cc2)cc1. The molecule has 0 saturated carbocycles. The summed E-state index contributed by atoms with van der Waals surface area (Å²) in [5.74, 6) is 0. The smallest absolute Gasteiger partial charge is 0.271 e. The van der Waals surface area contributed by atoms with Crippen molar-refractivity contribution in [1.29, 1.82) is 0 Å². The predicted molar refractivity (Wildman–Crippen MR) is 98.0 cm³/mol. The summed E-state index contributed by atoms with van der Waals surface area (Å²) >= 11 is 1.71. The second kappa shape index (κ2) is 6.15. The third-order valence-electron chi connectivity index (χ3n) is 4.75. The molecule has 0 bridgehead atoms. The summed E-state index contributed by atoms with van der Waals surface area (Å²) in [5, 5.41) is 4.10. The van der Waals surface area contributed by atoms with Gasteiger partial charge in [0, 0.05) is 23.7 Å². The minimum Gasteiger partial charge on any atom is -0.271 e. The van der Waals surface area contributed by atoms with Crippen LogP contribution in [0.3, 0.4) is 0 Å². The van der Waals surface area contributed by atoms with Gasteiger partial charge < -0.3 is 0 Å². The predicted octanol–water partition coefficient (Wildman–Crippen LogP) is 4.28. The van der Waals surface area contributed by atoms with Crippen LogP contribution in [0.2, 0.25) is 0 Å². The van der Waals surface area contributed by atoms with Crippen LogP contribution >= 0.6 is 11.8 Å². The number of nitrogens with zero attached hydrogens (tertiary/aromatic N) is 3. The number of thioether (sulfide) groups is 1. The largest absolute Gasteiger partial charge is 0.340 e. The Kier molecular flexibility index (Phi) is 3.98. The number of anilines is 1. The average molecular weight is 339 g/mol. The van der Waals surface area contributed by atoms with Gasteiger partial charge in [-0.25, -0.2) is 4.79 Å². The highest BCUT2D eigenvalue weighted by molar-refractivity contribution is 7.98. The fourth-order valence-electron chi connectivity index (χ4n) is 3.51. The first kappa shape index (κ1) is 15.5. The molecule has 0 aliphatic carbocycles. The van der Waals surface area contributed by atoms with Gasteiger partial charge in [-0.1, -0.05) is 29.8 Å². The Bertz CT molecular complexity index is 744. The van der Waals surface area contributed by atoms with E-state index in [4.69, 9.17) is 0 Å². The summed E-state index contributed by atoms with van der Waals surface area (Å²) in [6.45, 7) is 3.81. The van der Waals surface area contributed by atoms with Crippen molar-refractivity contribution in [2.45, 2.75) is 24.4 Å². The molecule has 4 nitrogen and oxygen atoms in total. The van der Waals surface area contributed by atoms with E-state index in [1.165, 1.54) is 10.5 Å². The Morgan fingerprint density at radius 2 is 1.71 bits per heavy atom. The van der Waals surface area contributed by atoms with E-state index in [0.29, 0.717) is 0 Å². The van der Waals surface area contributed by atoms with Crippen LogP contribution in [-0.2, 0) is 0 Å². The van der Waals surface area contributed by atoms with Gasteiger partial charge in [0.15, 0.2) is 0 Å². The number of amides is 2. The number of rotatable bonds is 3. The van der Waals surface area contributed by atoms with Crippen molar-refractivity contribution < 1.29 is 4.79 Å². The standard InChI is InChI=1S/C19H21N3OS/c1-14-4-6-15(7-5-14)18-20-12-3-13-21(20)19(23)22(18)16-8-10-17(24-2)11-9-16/h4-11,18H,3,12-13H2,1-2H3/t18-/m1/s1. The molecule has 2 aliphatic rings. The van der Waals surface area contributed by atoms with Gasteiger partial charge in [-0.3, -0.25) is 9.91 Å². The van der Waals surface area contributed by atoms with Gasteiger partial charge in [0.1, 0.15) is 6.17 Å². The van der Waals surface area contributed by atoms with E-state index in [2.05, 4.69) is 54.6 Å². The molecule has 0 unspecified atom stereocenters. The number of hydrazine groups is 1. The van der Waals surface area contributed by atoms with Crippen LogP contribution in [-0.4, -0.2) is 35.4 Å². The highest BCUT2D eigenvalue weighted by atomic mass is 32.2. The number of hydrogen-bond acceptors (Lipinski definition) is 3. The van der Waals surface area contributed by atoms with E-state index in [1.807, 2.05) is 22.0 Å². The van der Waals surface area contributed by atoms with Crippen LogP contribution in [0.15, 0.2) is 53.4 Å². The van der Waals surface area contributed by atoms with Crippen LogP contribution in [0.1, 0.15) is 23.7 Å². The summed E-state index contributed by atoms with van der Waals surface area (Å²) in [5.41, 5.74) is 3.35. The monoisotopic (exact) mass is 339 g/mol. The lowest BCUT2D eigenvalue weighted by atomic mass is 10.1. The Morgan fingerprint density at radius 1 is 1.00 bits per heavy atom. The minimum atomic E-state index is -0.0549. The van der Waals surface area contributed by atoms with E-state index in [1.54, 1.807) is 11.8 Å².